The van der Waals surface area contributed by atoms with Crippen LogP contribution < -0.4 is 0 Å². The Morgan fingerprint density at radius 2 is 1.93 bits per heavy atom. The lowest BCUT2D eigenvalue weighted by Gasteiger charge is -2.21. The molecule has 0 saturated carbocycles. The molecule has 0 aromatic rings. The van der Waals surface area contributed by atoms with Gasteiger partial charge in [0.15, 0.2) is 0 Å². The summed E-state index contributed by atoms with van der Waals surface area (Å²) in [6, 6.07) is 0. The molecule has 0 aliphatic heterocycles. The Hall–Kier alpha value is -0.383. The van der Waals surface area contributed by atoms with Crippen molar-refractivity contribution >= 4 is 8.32 Å². The molecule has 3 heteroatoms. The lowest BCUT2D eigenvalue weighted by Crippen LogP contribution is -2.36. The molecule has 0 spiro atoms. The topological polar surface area (TPSA) is 18.5 Å². The van der Waals surface area contributed by atoms with E-state index in [2.05, 4.69) is 13.1 Å². The third-order valence-electron chi connectivity index (χ3n) is 1.64. The molecular formula is C11H22O2Si. The van der Waals surface area contributed by atoms with Crippen LogP contribution in [0.1, 0.15) is 13.8 Å². The molecule has 14 heavy (non-hydrogen) atoms. The van der Waals surface area contributed by atoms with Crippen LogP contribution in [0.25, 0.3) is 0 Å². The fraction of sp³-hybridized carbons (Fsp3) is 0.636. The summed E-state index contributed by atoms with van der Waals surface area (Å²) in [5.74, 6) is 0. The zero-order chi connectivity index (χ0) is 10.9. The van der Waals surface area contributed by atoms with Gasteiger partial charge < -0.3 is 9.16 Å². The summed E-state index contributed by atoms with van der Waals surface area (Å²) in [5.41, 5.74) is 0. The third kappa shape index (κ3) is 8.23. The zero-order valence-corrected chi connectivity index (χ0v) is 10.7. The molecule has 0 amide bonds. The Labute approximate surface area is 88.7 Å². The van der Waals surface area contributed by atoms with Crippen molar-refractivity contribution in [2.75, 3.05) is 19.4 Å². The standard InChI is InChI=1S/C11H22O2Si/c1-5-7-8-9-10-12-11-14(3,4)13-6-2/h5,7-9H,6,10-11H2,1-4H3/b7-5+,9-8+. The molecule has 0 saturated heterocycles. The minimum atomic E-state index is -1.55. The van der Waals surface area contributed by atoms with Crippen LogP contribution in [0.2, 0.25) is 13.1 Å². The van der Waals surface area contributed by atoms with E-state index in [9.17, 15) is 0 Å². The second kappa shape index (κ2) is 7.97. The number of hydrogen-bond donors (Lipinski definition) is 0. The first-order chi connectivity index (χ1) is 6.62. The molecule has 2 nitrogen and oxygen atoms in total. The average molecular weight is 214 g/mol. The fourth-order valence-electron chi connectivity index (χ4n) is 1.05. The van der Waals surface area contributed by atoms with E-state index in [1.165, 1.54) is 0 Å². The van der Waals surface area contributed by atoms with Gasteiger partial charge in [-0.25, -0.2) is 0 Å². The van der Waals surface area contributed by atoms with E-state index < -0.39 is 8.32 Å². The molecule has 0 rings (SSSR count). The van der Waals surface area contributed by atoms with Gasteiger partial charge in [0.2, 0.25) is 8.32 Å². The van der Waals surface area contributed by atoms with Crippen LogP contribution >= 0.6 is 0 Å². The van der Waals surface area contributed by atoms with Gasteiger partial charge >= 0.3 is 0 Å². The molecule has 0 bridgehead atoms. The van der Waals surface area contributed by atoms with Crippen LogP contribution in [-0.2, 0) is 9.16 Å². The summed E-state index contributed by atoms with van der Waals surface area (Å²) < 4.78 is 11.1. The van der Waals surface area contributed by atoms with E-state index in [4.69, 9.17) is 9.16 Å². The molecule has 0 aliphatic carbocycles. The van der Waals surface area contributed by atoms with Gasteiger partial charge in [0, 0.05) is 6.61 Å². The van der Waals surface area contributed by atoms with E-state index in [-0.39, 0.29) is 0 Å². The fourth-order valence-corrected chi connectivity index (χ4v) is 2.52. The highest BCUT2D eigenvalue weighted by Crippen LogP contribution is 2.04. The first kappa shape index (κ1) is 13.6. The highest BCUT2D eigenvalue weighted by molar-refractivity contribution is 6.71. The zero-order valence-electron chi connectivity index (χ0n) is 9.75. The van der Waals surface area contributed by atoms with Gasteiger partial charge in [-0.2, -0.15) is 0 Å². The number of allylic oxidation sites excluding steroid dienone is 3. The van der Waals surface area contributed by atoms with Crippen LogP contribution in [0.5, 0.6) is 0 Å². The van der Waals surface area contributed by atoms with Crippen molar-refractivity contribution in [2.45, 2.75) is 26.9 Å². The van der Waals surface area contributed by atoms with Gasteiger partial charge in [-0.15, -0.1) is 0 Å². The van der Waals surface area contributed by atoms with Gasteiger partial charge in [0.1, 0.15) is 0 Å². The first-order valence-corrected chi connectivity index (χ1v) is 8.23. The molecule has 0 aromatic heterocycles. The molecule has 0 radical (unpaired) electrons. The quantitative estimate of drug-likeness (QED) is 0.368. The van der Waals surface area contributed by atoms with Gasteiger partial charge in [0.25, 0.3) is 0 Å². The van der Waals surface area contributed by atoms with Crippen molar-refractivity contribution in [2.24, 2.45) is 0 Å². The summed E-state index contributed by atoms with van der Waals surface area (Å²) in [6.07, 6.45) is 8.76. The average Bonchev–Trinajstić information content (AvgIpc) is 2.11. The summed E-state index contributed by atoms with van der Waals surface area (Å²) in [5, 5.41) is 0. The van der Waals surface area contributed by atoms with Crippen molar-refractivity contribution in [1.29, 1.82) is 0 Å². The smallest absolute Gasteiger partial charge is 0.211 e. The van der Waals surface area contributed by atoms with Gasteiger partial charge in [-0.05, 0) is 26.9 Å². The second-order valence-electron chi connectivity index (χ2n) is 3.66. The van der Waals surface area contributed by atoms with Crippen molar-refractivity contribution in [3.05, 3.63) is 24.3 Å². The van der Waals surface area contributed by atoms with E-state index in [0.29, 0.717) is 6.61 Å². The normalized spacial score (nSPS) is 13.1. The number of ether oxygens (including phenoxy) is 1. The summed E-state index contributed by atoms with van der Waals surface area (Å²) in [6.45, 7) is 9.83. The van der Waals surface area contributed by atoms with Gasteiger partial charge in [-0.3, -0.25) is 0 Å². The maximum atomic E-state index is 5.63. The molecule has 0 aliphatic rings. The SMILES string of the molecule is C/C=C/C=C/COC[Si](C)(C)OCC. The van der Waals surface area contributed by atoms with Gasteiger partial charge in [-0.1, -0.05) is 24.3 Å². The van der Waals surface area contributed by atoms with Crippen molar-refractivity contribution in [3.63, 3.8) is 0 Å². The lowest BCUT2D eigenvalue weighted by atomic mass is 10.4. The van der Waals surface area contributed by atoms with E-state index in [1.54, 1.807) is 0 Å². The summed E-state index contributed by atoms with van der Waals surface area (Å²) in [7, 11) is -1.55. The Morgan fingerprint density at radius 1 is 1.21 bits per heavy atom. The molecule has 0 unspecified atom stereocenters. The highest BCUT2D eigenvalue weighted by Gasteiger charge is 2.21. The van der Waals surface area contributed by atoms with E-state index >= 15 is 0 Å². The van der Waals surface area contributed by atoms with Crippen LogP contribution in [-0.4, -0.2) is 27.8 Å². The molecule has 0 aromatic carbocycles. The Bertz CT molecular complexity index is 186. The first-order valence-electron chi connectivity index (χ1n) is 5.12. The van der Waals surface area contributed by atoms with Crippen molar-refractivity contribution in [1.82, 2.24) is 0 Å². The monoisotopic (exact) mass is 214 g/mol. The molecule has 82 valence electrons. The Morgan fingerprint density at radius 3 is 2.50 bits per heavy atom. The largest absolute Gasteiger partial charge is 0.415 e. The van der Waals surface area contributed by atoms with Crippen molar-refractivity contribution < 1.29 is 9.16 Å². The summed E-state index contributed by atoms with van der Waals surface area (Å²) in [4.78, 5) is 0. The third-order valence-corrected chi connectivity index (χ3v) is 3.61. The molecule has 0 heterocycles. The number of hydrogen-bond acceptors (Lipinski definition) is 2. The predicted molar refractivity (Wildman–Crippen MR) is 63.9 cm³/mol. The molecule has 0 fully saturated rings. The maximum Gasteiger partial charge on any atom is 0.211 e. The highest BCUT2D eigenvalue weighted by atomic mass is 28.4. The van der Waals surface area contributed by atoms with E-state index in [1.807, 2.05) is 38.2 Å². The maximum absolute atomic E-state index is 5.63. The number of rotatable bonds is 7. The predicted octanol–water partition coefficient (Wildman–Crippen LogP) is 2.92. The molecule has 0 N–H and O–H groups in total. The van der Waals surface area contributed by atoms with E-state index in [0.717, 1.165) is 12.8 Å². The Kier molecular flexibility index (Phi) is 7.75. The molecular weight excluding hydrogens is 192 g/mol. The van der Waals surface area contributed by atoms with Gasteiger partial charge in [0.05, 0.1) is 12.8 Å². The molecule has 0 atom stereocenters. The van der Waals surface area contributed by atoms with Crippen LogP contribution in [0.3, 0.4) is 0 Å². The lowest BCUT2D eigenvalue weighted by molar-refractivity contribution is 0.181. The minimum Gasteiger partial charge on any atom is -0.415 e. The second-order valence-corrected chi connectivity index (χ2v) is 7.76. The minimum absolute atomic E-state index is 0.674. The van der Waals surface area contributed by atoms with Crippen LogP contribution in [0.15, 0.2) is 24.3 Å². The summed E-state index contributed by atoms with van der Waals surface area (Å²) >= 11 is 0. The Balaban J connectivity index is 3.52. The van der Waals surface area contributed by atoms with Crippen LogP contribution in [0, 0.1) is 0 Å². The van der Waals surface area contributed by atoms with Crippen molar-refractivity contribution in [3.8, 4) is 0 Å². The van der Waals surface area contributed by atoms with Crippen LogP contribution in [0.4, 0.5) is 0 Å².